The van der Waals surface area contributed by atoms with Crippen molar-refractivity contribution in [1.29, 1.82) is 0 Å². The maximum absolute atomic E-state index is 4.61. The fourth-order valence-electron chi connectivity index (χ4n) is 2.94. The van der Waals surface area contributed by atoms with E-state index in [4.69, 9.17) is 0 Å². The van der Waals surface area contributed by atoms with Crippen LogP contribution in [0.15, 0.2) is 30.3 Å². The highest BCUT2D eigenvalue weighted by molar-refractivity contribution is 5.85. The fourth-order valence-corrected chi connectivity index (χ4v) is 2.94. The molecule has 3 rings (SSSR count). The van der Waals surface area contributed by atoms with Crippen LogP contribution < -0.4 is 5.32 Å². The molecule has 3 nitrogen and oxygen atoms in total. The summed E-state index contributed by atoms with van der Waals surface area (Å²) in [6, 6.07) is 11.3. The van der Waals surface area contributed by atoms with Gasteiger partial charge in [-0.15, -0.1) is 24.8 Å². The van der Waals surface area contributed by atoms with Crippen molar-refractivity contribution in [1.82, 2.24) is 15.2 Å². The number of rotatable bonds is 3. The molecule has 0 spiro atoms. The number of benzene rings is 1. The lowest BCUT2D eigenvalue weighted by molar-refractivity contribution is 0.249. The third kappa shape index (κ3) is 4.07. The maximum Gasteiger partial charge on any atom is 0.0708 e. The van der Waals surface area contributed by atoms with Crippen LogP contribution in [0.1, 0.15) is 17.7 Å². The minimum absolute atomic E-state index is 0. The number of nitrogens with one attached hydrogen (secondary N) is 1. The largest absolute Gasteiger partial charge is 0.315 e. The Kier molecular flexibility index (Phi) is 6.88. The van der Waals surface area contributed by atoms with Crippen LogP contribution in [-0.2, 0) is 6.54 Å². The molecule has 1 aliphatic heterocycles. The topological polar surface area (TPSA) is 28.2 Å². The van der Waals surface area contributed by atoms with Crippen LogP contribution in [0, 0.1) is 6.92 Å². The van der Waals surface area contributed by atoms with Crippen molar-refractivity contribution in [2.75, 3.05) is 20.1 Å². The molecule has 1 atom stereocenters. The Bertz CT molecular complexity index is 583. The average molecular weight is 328 g/mol. The molecule has 1 fully saturated rings. The SMILES string of the molecule is Cc1cc(CN(C)C2CCNC2)c2ccccc2n1.Cl.Cl. The minimum atomic E-state index is 0. The predicted molar refractivity (Wildman–Crippen MR) is 93.7 cm³/mol. The number of para-hydroxylation sites is 1. The third-order valence-corrected chi connectivity index (χ3v) is 4.01. The van der Waals surface area contributed by atoms with Gasteiger partial charge in [0.25, 0.3) is 0 Å². The summed E-state index contributed by atoms with van der Waals surface area (Å²) in [7, 11) is 2.22. The normalized spacial score (nSPS) is 17.6. The van der Waals surface area contributed by atoms with E-state index in [0.717, 1.165) is 30.8 Å². The Morgan fingerprint density at radius 1 is 1.29 bits per heavy atom. The zero-order chi connectivity index (χ0) is 13.2. The summed E-state index contributed by atoms with van der Waals surface area (Å²) < 4.78 is 0. The van der Waals surface area contributed by atoms with Gasteiger partial charge in [0.05, 0.1) is 5.52 Å². The van der Waals surface area contributed by atoms with Crippen molar-refractivity contribution in [3.63, 3.8) is 0 Å². The first kappa shape index (κ1) is 18.2. The Balaban J connectivity index is 0.00000110. The second-order valence-electron chi connectivity index (χ2n) is 5.50. The molecule has 0 saturated carbocycles. The molecule has 1 aliphatic rings. The molecule has 0 radical (unpaired) electrons. The quantitative estimate of drug-likeness (QED) is 0.938. The molecule has 5 heteroatoms. The molecule has 1 saturated heterocycles. The first-order chi connectivity index (χ1) is 9.24. The van der Waals surface area contributed by atoms with Crippen molar-refractivity contribution in [2.24, 2.45) is 0 Å². The predicted octanol–water partition coefficient (Wildman–Crippen LogP) is 3.18. The zero-order valence-corrected chi connectivity index (χ0v) is 14.1. The van der Waals surface area contributed by atoms with Crippen LogP contribution >= 0.6 is 24.8 Å². The van der Waals surface area contributed by atoms with Gasteiger partial charge in [-0.2, -0.15) is 0 Å². The molecule has 0 aliphatic carbocycles. The van der Waals surface area contributed by atoms with Gasteiger partial charge in [0, 0.05) is 30.2 Å². The van der Waals surface area contributed by atoms with Crippen molar-refractivity contribution in [2.45, 2.75) is 25.9 Å². The van der Waals surface area contributed by atoms with Gasteiger partial charge in [-0.1, -0.05) is 18.2 Å². The molecule has 1 aromatic heterocycles. The van der Waals surface area contributed by atoms with Crippen LogP contribution in [-0.4, -0.2) is 36.1 Å². The lowest BCUT2D eigenvalue weighted by atomic mass is 10.1. The van der Waals surface area contributed by atoms with Crippen LogP contribution in [0.5, 0.6) is 0 Å². The monoisotopic (exact) mass is 327 g/mol. The van der Waals surface area contributed by atoms with Gasteiger partial charge in [0.2, 0.25) is 0 Å². The van der Waals surface area contributed by atoms with Gasteiger partial charge in [-0.3, -0.25) is 9.88 Å². The number of pyridine rings is 1. The van der Waals surface area contributed by atoms with E-state index in [0.29, 0.717) is 6.04 Å². The van der Waals surface area contributed by atoms with Gasteiger partial charge < -0.3 is 5.32 Å². The molecular formula is C16H23Cl2N3. The van der Waals surface area contributed by atoms with Crippen molar-refractivity contribution in [3.05, 3.63) is 41.6 Å². The molecule has 2 aromatic rings. The second-order valence-corrected chi connectivity index (χ2v) is 5.50. The molecular weight excluding hydrogens is 305 g/mol. The van der Waals surface area contributed by atoms with Gasteiger partial charge >= 0.3 is 0 Å². The van der Waals surface area contributed by atoms with E-state index >= 15 is 0 Å². The number of fused-ring (bicyclic) bond motifs is 1. The Hall–Kier alpha value is -0.870. The van der Waals surface area contributed by atoms with Gasteiger partial charge in [0.1, 0.15) is 0 Å². The summed E-state index contributed by atoms with van der Waals surface area (Å²) >= 11 is 0. The highest BCUT2D eigenvalue weighted by Crippen LogP contribution is 2.21. The highest BCUT2D eigenvalue weighted by atomic mass is 35.5. The van der Waals surface area contributed by atoms with E-state index in [-0.39, 0.29) is 24.8 Å². The van der Waals surface area contributed by atoms with E-state index in [1.165, 1.54) is 17.4 Å². The maximum atomic E-state index is 4.61. The number of aromatic nitrogens is 1. The molecule has 1 unspecified atom stereocenters. The molecule has 1 N–H and O–H groups in total. The van der Waals surface area contributed by atoms with Gasteiger partial charge in [-0.25, -0.2) is 0 Å². The van der Waals surface area contributed by atoms with Crippen molar-refractivity contribution < 1.29 is 0 Å². The molecule has 2 heterocycles. The summed E-state index contributed by atoms with van der Waals surface area (Å²) in [6.45, 7) is 5.33. The average Bonchev–Trinajstić information content (AvgIpc) is 2.92. The molecule has 1 aromatic carbocycles. The van der Waals surface area contributed by atoms with Crippen LogP contribution in [0.3, 0.4) is 0 Å². The smallest absolute Gasteiger partial charge is 0.0708 e. The molecule has 0 bridgehead atoms. The first-order valence-electron chi connectivity index (χ1n) is 7.00. The van der Waals surface area contributed by atoms with E-state index < -0.39 is 0 Å². The Morgan fingerprint density at radius 3 is 2.76 bits per heavy atom. The number of hydrogen-bond donors (Lipinski definition) is 1. The highest BCUT2D eigenvalue weighted by Gasteiger charge is 2.19. The van der Waals surface area contributed by atoms with Crippen molar-refractivity contribution >= 4 is 35.7 Å². The summed E-state index contributed by atoms with van der Waals surface area (Å²) in [6.07, 6.45) is 1.25. The lowest BCUT2D eigenvalue weighted by Gasteiger charge is -2.24. The van der Waals surface area contributed by atoms with Crippen molar-refractivity contribution in [3.8, 4) is 0 Å². The lowest BCUT2D eigenvalue weighted by Crippen LogP contribution is -2.32. The zero-order valence-electron chi connectivity index (χ0n) is 12.5. The summed E-state index contributed by atoms with van der Waals surface area (Å²) in [5.41, 5.74) is 3.60. The van der Waals surface area contributed by atoms with E-state index in [1.54, 1.807) is 0 Å². The van der Waals surface area contributed by atoms with Crippen LogP contribution in [0.2, 0.25) is 0 Å². The molecule has 116 valence electrons. The second kappa shape index (κ2) is 7.95. The van der Waals surface area contributed by atoms with Gasteiger partial charge in [-0.05, 0) is 44.6 Å². The number of likely N-dealkylation sites (N-methyl/N-ethyl adjacent to an activating group) is 1. The summed E-state index contributed by atoms with van der Waals surface area (Å²) in [5.74, 6) is 0. The number of halogens is 2. The van der Waals surface area contributed by atoms with E-state index in [9.17, 15) is 0 Å². The number of nitrogens with zero attached hydrogens (tertiary/aromatic N) is 2. The van der Waals surface area contributed by atoms with E-state index in [1.807, 2.05) is 0 Å². The summed E-state index contributed by atoms with van der Waals surface area (Å²) in [4.78, 5) is 7.07. The first-order valence-corrected chi connectivity index (χ1v) is 7.00. The number of hydrogen-bond acceptors (Lipinski definition) is 3. The Morgan fingerprint density at radius 2 is 2.05 bits per heavy atom. The van der Waals surface area contributed by atoms with E-state index in [2.05, 4.69) is 59.5 Å². The third-order valence-electron chi connectivity index (χ3n) is 4.01. The van der Waals surface area contributed by atoms with Crippen LogP contribution in [0.4, 0.5) is 0 Å². The Labute approximate surface area is 138 Å². The summed E-state index contributed by atoms with van der Waals surface area (Å²) in [5, 5.41) is 4.72. The minimum Gasteiger partial charge on any atom is -0.315 e. The van der Waals surface area contributed by atoms with Crippen LogP contribution in [0.25, 0.3) is 10.9 Å². The molecule has 0 amide bonds. The molecule has 21 heavy (non-hydrogen) atoms. The number of aryl methyl sites for hydroxylation is 1. The van der Waals surface area contributed by atoms with Gasteiger partial charge in [0.15, 0.2) is 0 Å². The standard InChI is InChI=1S/C16H21N3.2ClH/c1-12-9-13(11-19(2)14-7-8-17-10-14)15-5-3-4-6-16(15)18-12;;/h3-6,9,14,17H,7-8,10-11H2,1-2H3;2*1H. The fraction of sp³-hybridized carbons (Fsp3) is 0.438.